The van der Waals surface area contributed by atoms with Crippen LogP contribution in [0.3, 0.4) is 0 Å². The van der Waals surface area contributed by atoms with Gasteiger partial charge in [0.25, 0.3) is 0 Å². The van der Waals surface area contributed by atoms with E-state index in [2.05, 4.69) is 26.6 Å². The molecule has 1 N–H and O–H groups in total. The van der Waals surface area contributed by atoms with Crippen LogP contribution < -0.4 is 0 Å². The Morgan fingerprint density at radius 1 is 1.12 bits per heavy atom. The van der Waals surface area contributed by atoms with Crippen LogP contribution in [-0.4, -0.2) is 30.5 Å². The molecular weight excluding hydrogens is 211 g/mol. The van der Waals surface area contributed by atoms with Crippen LogP contribution in [-0.2, 0) is 4.74 Å². The van der Waals surface area contributed by atoms with Crippen molar-refractivity contribution >= 4 is 13.1 Å². The Bertz CT molecular complexity index is 283. The van der Waals surface area contributed by atoms with Crippen molar-refractivity contribution in [1.29, 1.82) is 0 Å². The zero-order chi connectivity index (χ0) is 12.6. The molecule has 2 nitrogen and oxygen atoms in total. The van der Waals surface area contributed by atoms with Gasteiger partial charge in [-0.2, -0.15) is 0 Å². The van der Waals surface area contributed by atoms with Crippen LogP contribution in [0.5, 0.6) is 0 Å². The fourth-order valence-electron chi connectivity index (χ4n) is 1.90. The average molecular weight is 234 g/mol. The maximum atomic E-state index is 8.92. The fourth-order valence-corrected chi connectivity index (χ4v) is 1.90. The molecular formula is C14H23BO2. The van der Waals surface area contributed by atoms with Gasteiger partial charge in [0.1, 0.15) is 0 Å². The van der Waals surface area contributed by atoms with Crippen LogP contribution >= 0.6 is 0 Å². The Labute approximate surface area is 105 Å². The van der Waals surface area contributed by atoms with E-state index in [4.69, 9.17) is 9.84 Å². The van der Waals surface area contributed by atoms with Gasteiger partial charge in [-0.1, -0.05) is 0 Å². The van der Waals surface area contributed by atoms with Crippen LogP contribution in [0.1, 0.15) is 45.4 Å². The predicted octanol–water partition coefficient (Wildman–Crippen LogP) is 2.63. The molecule has 0 amide bonds. The summed E-state index contributed by atoms with van der Waals surface area (Å²) < 4.78 is 5.81. The second-order valence-corrected chi connectivity index (χ2v) is 4.83. The molecule has 0 bridgehead atoms. The zero-order valence-corrected chi connectivity index (χ0v) is 10.8. The molecule has 0 aliphatic heterocycles. The van der Waals surface area contributed by atoms with E-state index in [1.807, 2.05) is 12.2 Å². The molecule has 0 aromatic rings. The Kier molecular flexibility index (Phi) is 6.27. The third-order valence-electron chi connectivity index (χ3n) is 2.99. The minimum absolute atomic E-state index is 0.172. The van der Waals surface area contributed by atoms with Gasteiger partial charge < -0.3 is 0 Å². The molecule has 17 heavy (non-hydrogen) atoms. The van der Waals surface area contributed by atoms with Gasteiger partial charge >= 0.3 is 105 Å². The van der Waals surface area contributed by atoms with Crippen molar-refractivity contribution in [2.24, 2.45) is 0 Å². The summed E-state index contributed by atoms with van der Waals surface area (Å²) in [5.74, 6) is 0. The van der Waals surface area contributed by atoms with Crippen molar-refractivity contribution in [2.75, 3.05) is 6.61 Å². The fraction of sp³-hybridized carbons (Fsp3) is 0.643. The molecule has 1 aliphatic carbocycles. The number of aliphatic hydroxyl groups excluding tert-OH is 1. The van der Waals surface area contributed by atoms with Crippen LogP contribution in [0.15, 0.2) is 24.3 Å². The predicted molar refractivity (Wildman–Crippen MR) is 74.4 cm³/mol. The molecule has 1 aliphatic rings. The third kappa shape index (κ3) is 6.47. The van der Waals surface area contributed by atoms with E-state index in [9.17, 15) is 0 Å². The van der Waals surface area contributed by atoms with E-state index in [0.29, 0.717) is 5.65 Å². The first-order valence-electron chi connectivity index (χ1n) is 6.50. The van der Waals surface area contributed by atoms with Gasteiger partial charge in [-0.3, -0.25) is 0 Å². The van der Waals surface area contributed by atoms with Crippen molar-refractivity contribution in [1.82, 2.24) is 0 Å². The van der Waals surface area contributed by atoms with E-state index in [1.54, 1.807) is 0 Å². The summed E-state index contributed by atoms with van der Waals surface area (Å²) in [6.07, 6.45) is 14.7. The molecule has 0 aromatic carbocycles. The number of hydrogen-bond donors (Lipinski definition) is 1. The molecule has 0 heterocycles. The molecule has 3 heteroatoms. The van der Waals surface area contributed by atoms with Crippen LogP contribution in [0, 0.1) is 0 Å². The number of unbranched alkanes of at least 4 members (excludes halogenated alkanes) is 4. The van der Waals surface area contributed by atoms with Crippen molar-refractivity contribution in [3.8, 4) is 0 Å². The summed E-state index contributed by atoms with van der Waals surface area (Å²) in [5.41, 5.74) is 0.135. The third-order valence-corrected chi connectivity index (χ3v) is 2.99. The normalized spacial score (nSPS) is 16.5. The summed E-state index contributed by atoms with van der Waals surface area (Å²) in [7, 11) is 3.48. The summed E-state index contributed by atoms with van der Waals surface area (Å²) in [6.45, 7) is 2.90. The van der Waals surface area contributed by atoms with Gasteiger partial charge in [0.2, 0.25) is 0 Å². The van der Waals surface area contributed by atoms with Crippen molar-refractivity contribution in [3.05, 3.63) is 24.3 Å². The van der Waals surface area contributed by atoms with Gasteiger partial charge in [-0.25, -0.2) is 0 Å². The molecule has 1 rings (SSSR count). The van der Waals surface area contributed by atoms with E-state index < -0.39 is 0 Å². The molecule has 94 valence electrons. The topological polar surface area (TPSA) is 29.5 Å². The van der Waals surface area contributed by atoms with Crippen LogP contribution in [0.25, 0.3) is 0 Å². The van der Waals surface area contributed by atoms with Gasteiger partial charge in [-0.15, -0.1) is 0 Å². The second-order valence-electron chi connectivity index (χ2n) is 4.83. The quantitative estimate of drug-likeness (QED) is 0.491. The van der Waals surface area contributed by atoms with Crippen molar-refractivity contribution in [3.63, 3.8) is 0 Å². The standard InChI is InChI=1S/C14H23BO2/c1-14(10-6-7-11-14)17-12-8-4-2-3-5-9-13(15)16/h6-7,10-11,15-16H,2-5,8-9,12H2,1H3. The van der Waals surface area contributed by atoms with Gasteiger partial charge in [-0.05, 0) is 0 Å². The molecule has 0 saturated heterocycles. The summed E-state index contributed by atoms with van der Waals surface area (Å²) >= 11 is 0. The molecule has 0 radical (unpaired) electrons. The van der Waals surface area contributed by atoms with E-state index >= 15 is 0 Å². The number of hydrogen-bond acceptors (Lipinski definition) is 2. The molecule has 0 aromatic heterocycles. The Morgan fingerprint density at radius 2 is 1.71 bits per heavy atom. The summed E-state index contributed by atoms with van der Waals surface area (Å²) in [4.78, 5) is 0. The molecule has 0 saturated carbocycles. The van der Waals surface area contributed by atoms with E-state index in [0.717, 1.165) is 32.3 Å². The zero-order valence-electron chi connectivity index (χ0n) is 10.8. The number of rotatable bonds is 9. The van der Waals surface area contributed by atoms with Gasteiger partial charge in [0, 0.05) is 0 Å². The van der Waals surface area contributed by atoms with E-state index in [-0.39, 0.29) is 5.60 Å². The van der Waals surface area contributed by atoms with E-state index in [1.165, 1.54) is 12.8 Å². The monoisotopic (exact) mass is 234 g/mol. The average Bonchev–Trinajstić information content (AvgIpc) is 2.69. The van der Waals surface area contributed by atoms with Crippen molar-refractivity contribution < 1.29 is 9.84 Å². The Hall–Kier alpha value is -0.825. The molecule has 0 atom stereocenters. The van der Waals surface area contributed by atoms with Crippen molar-refractivity contribution in [2.45, 2.75) is 51.0 Å². The van der Waals surface area contributed by atoms with Crippen LogP contribution in [0.4, 0.5) is 0 Å². The Morgan fingerprint density at radius 3 is 2.35 bits per heavy atom. The maximum absolute atomic E-state index is 8.92. The molecule has 0 unspecified atom stereocenters. The molecule has 0 fully saturated rings. The number of ether oxygens (including phenoxy) is 1. The first-order chi connectivity index (χ1) is 8.12. The number of aliphatic hydroxyl groups is 1. The summed E-state index contributed by atoms with van der Waals surface area (Å²) in [5, 5.41) is 8.92. The van der Waals surface area contributed by atoms with Crippen LogP contribution in [0.2, 0.25) is 0 Å². The first kappa shape index (κ1) is 14.2. The summed E-state index contributed by atoms with van der Waals surface area (Å²) in [6, 6.07) is 0. The van der Waals surface area contributed by atoms with Gasteiger partial charge in [0.15, 0.2) is 0 Å². The number of allylic oxidation sites excluding steroid dienone is 2. The second kappa shape index (κ2) is 7.49. The first-order valence-corrected chi connectivity index (χ1v) is 6.50. The Balaban J connectivity index is 1.90. The molecule has 0 spiro atoms. The SMILES string of the molecule is B=C(O)CCCCCCCOC1(C)C=CC=C1. The minimum atomic E-state index is -0.172. The van der Waals surface area contributed by atoms with Gasteiger partial charge in [0.05, 0.1) is 0 Å².